The molecule has 199 valence electrons. The third kappa shape index (κ3) is 7.10. The number of benzene rings is 1. The number of alkyl halides is 3. The summed E-state index contributed by atoms with van der Waals surface area (Å²) >= 11 is 7.11. The van der Waals surface area contributed by atoms with E-state index in [0.717, 1.165) is 47.7 Å². The molecule has 1 saturated carbocycles. The molecule has 0 aliphatic heterocycles. The van der Waals surface area contributed by atoms with Crippen LogP contribution >= 0.6 is 22.4 Å². The summed E-state index contributed by atoms with van der Waals surface area (Å²) in [7, 11) is 1.10. The molecule has 2 heterocycles. The molecule has 0 bridgehead atoms. The zero-order valence-corrected chi connectivity index (χ0v) is 23.7. The maximum absolute atomic E-state index is 13.2. The molecule has 13 heteroatoms. The second-order valence-corrected chi connectivity index (χ2v) is 8.94. The van der Waals surface area contributed by atoms with Crippen molar-refractivity contribution in [2.75, 3.05) is 12.4 Å². The van der Waals surface area contributed by atoms with Crippen LogP contribution in [0.25, 0.3) is 11.3 Å². The normalized spacial score (nSPS) is 13.6. The van der Waals surface area contributed by atoms with Gasteiger partial charge in [0.2, 0.25) is 0 Å². The van der Waals surface area contributed by atoms with Gasteiger partial charge in [-0.3, -0.25) is 0 Å². The molecule has 1 aliphatic carbocycles. The first-order valence-corrected chi connectivity index (χ1v) is 14.6. The molecule has 1 fully saturated rings. The number of ether oxygens (including phenoxy) is 1. The fraction of sp³-hybridized carbons (Fsp3) is 0.240. The van der Waals surface area contributed by atoms with Gasteiger partial charge in [0, 0.05) is 28.4 Å². The Bertz CT molecular complexity index is 1350. The van der Waals surface area contributed by atoms with Crippen molar-refractivity contribution in [3.05, 3.63) is 70.4 Å². The first-order chi connectivity index (χ1) is 18.2. The van der Waals surface area contributed by atoms with E-state index >= 15 is 0 Å². The quantitative estimate of drug-likeness (QED) is 0.101. The van der Waals surface area contributed by atoms with Crippen LogP contribution in [0.4, 0.5) is 24.1 Å². The number of hydrogen-bond acceptors (Lipinski definition) is 8. The molecule has 0 unspecified atom stereocenters. The number of hydrogen-bond donors (Lipinski definition) is 2. The van der Waals surface area contributed by atoms with E-state index in [1.54, 1.807) is 12.3 Å². The Morgan fingerprint density at radius 1 is 1.29 bits per heavy atom. The minimum absolute atomic E-state index is 0.0604. The zero-order chi connectivity index (χ0) is 27.9. The van der Waals surface area contributed by atoms with E-state index in [-0.39, 0.29) is 11.4 Å². The van der Waals surface area contributed by atoms with Gasteiger partial charge >= 0.3 is 38.1 Å². The third-order valence-electron chi connectivity index (χ3n) is 5.36. The Morgan fingerprint density at radius 3 is 2.53 bits per heavy atom. The molecule has 7 nitrogen and oxygen atoms in total. The van der Waals surface area contributed by atoms with E-state index in [9.17, 15) is 18.0 Å². The molecular formula is C25H23F3N5O2S2Se. The van der Waals surface area contributed by atoms with Crippen molar-refractivity contribution in [2.24, 2.45) is 9.98 Å². The minimum atomic E-state index is -4.65. The number of carbonyl (C=O) groups excluding carboxylic acids is 1. The van der Waals surface area contributed by atoms with Crippen LogP contribution in [0.5, 0.6) is 0 Å². The summed E-state index contributed by atoms with van der Waals surface area (Å²) in [4.78, 5) is 30.0. The molecule has 1 aromatic carbocycles. The van der Waals surface area contributed by atoms with Crippen LogP contribution in [0.3, 0.4) is 0 Å². The number of anilines is 2. The molecule has 1 aliphatic rings. The number of carbonyl (C=O) groups is 1. The molecule has 0 amide bonds. The number of amidine groups is 1. The number of nitrogens with one attached hydrogen (secondary N) is 1. The number of halogens is 3. The molecule has 0 saturated heterocycles. The monoisotopic (exact) mass is 626 g/mol. The van der Waals surface area contributed by atoms with E-state index in [2.05, 4.69) is 57.7 Å². The molecule has 0 atom stereocenters. The molecule has 1 radical (unpaired) electrons. The Balaban J connectivity index is 0.00000195. The SMILES string of the molecule is C=NC(=N/C=C\C)c1ccc(-c2nc(Nc3ncc(C(F)(F)F)cc3C(=O)OC)sc2C2CC2)cc1.S[Se]. The molecule has 3 aromatic rings. The molecule has 2 aromatic heterocycles. The predicted molar refractivity (Wildman–Crippen MR) is 149 cm³/mol. The molecular weight excluding hydrogens is 602 g/mol. The molecule has 4 rings (SSSR count). The van der Waals surface area contributed by atoms with Crippen molar-refractivity contribution in [1.29, 1.82) is 0 Å². The van der Waals surface area contributed by atoms with Gasteiger partial charge in [-0.15, -0.1) is 11.3 Å². The number of aromatic nitrogens is 2. The van der Waals surface area contributed by atoms with Crippen molar-refractivity contribution in [2.45, 2.75) is 31.9 Å². The maximum atomic E-state index is 13.2. The fourth-order valence-corrected chi connectivity index (χ4v) is 4.59. The van der Waals surface area contributed by atoms with E-state index in [0.29, 0.717) is 23.1 Å². The van der Waals surface area contributed by atoms with Gasteiger partial charge in [-0.25, -0.2) is 24.7 Å². The number of allylic oxidation sites excluding steroid dienone is 1. The van der Waals surface area contributed by atoms with Crippen LogP contribution in [0.1, 0.15) is 52.0 Å². The van der Waals surface area contributed by atoms with Crippen LogP contribution < -0.4 is 5.32 Å². The van der Waals surface area contributed by atoms with Crippen molar-refractivity contribution in [3.8, 4) is 11.3 Å². The average molecular weight is 626 g/mol. The topological polar surface area (TPSA) is 88.8 Å². The molecule has 1 N–H and O–H groups in total. The first kappa shape index (κ1) is 29.6. The fourth-order valence-electron chi connectivity index (χ4n) is 3.43. The van der Waals surface area contributed by atoms with Gasteiger partial charge < -0.3 is 10.1 Å². The number of rotatable bonds is 7. The van der Waals surface area contributed by atoms with Gasteiger partial charge in [0.25, 0.3) is 0 Å². The van der Waals surface area contributed by atoms with Crippen LogP contribution in [-0.4, -0.2) is 50.5 Å². The summed E-state index contributed by atoms with van der Waals surface area (Å²) in [5.74, 6) is -0.145. The van der Waals surface area contributed by atoms with Crippen LogP contribution in [-0.2, 0) is 10.9 Å². The Morgan fingerprint density at radius 2 is 1.97 bits per heavy atom. The predicted octanol–water partition coefficient (Wildman–Crippen LogP) is 6.61. The van der Waals surface area contributed by atoms with Gasteiger partial charge in [-0.2, -0.15) is 13.2 Å². The first-order valence-electron chi connectivity index (χ1n) is 11.1. The zero-order valence-electron chi connectivity index (χ0n) is 20.3. The van der Waals surface area contributed by atoms with E-state index in [1.807, 2.05) is 31.2 Å². The summed E-state index contributed by atoms with van der Waals surface area (Å²) < 4.78 is 44.1. The number of pyridine rings is 1. The Kier molecular flexibility index (Phi) is 10.3. The number of nitrogens with zero attached hydrogens (tertiary/aromatic N) is 4. The van der Waals surface area contributed by atoms with Crippen LogP contribution in [0, 0.1) is 0 Å². The van der Waals surface area contributed by atoms with Gasteiger partial charge in [0.05, 0.1) is 18.4 Å². The van der Waals surface area contributed by atoms with E-state index in [1.165, 1.54) is 11.3 Å². The number of thiol groups is 1. The van der Waals surface area contributed by atoms with E-state index in [4.69, 9.17) is 4.98 Å². The number of esters is 1. The summed E-state index contributed by atoms with van der Waals surface area (Å²) in [6, 6.07) is 8.29. The third-order valence-corrected chi connectivity index (χ3v) is 6.49. The van der Waals surface area contributed by atoms with Gasteiger partial charge in [-0.1, -0.05) is 30.3 Å². The standard InChI is InChI=1S/C25H22F3N5O2S.HSSe/c1-4-11-30-21(29-2)16-9-5-14(6-10-16)19-20(15-7-8-15)36-24(32-19)33-22-18(23(34)35-3)12-17(13-31-22)25(26,27)28;1-2/h4-6,9-13,15H,2,7-8H2,1,3H3,(H,31,32,33);1H/b11-4-,30-21?;. The number of methoxy groups -OCH3 is 1. The Hall–Kier alpha value is -2.99. The second kappa shape index (κ2) is 13.2. The average Bonchev–Trinajstić information content (AvgIpc) is 3.69. The van der Waals surface area contributed by atoms with Gasteiger partial charge in [0.1, 0.15) is 11.4 Å². The summed E-state index contributed by atoms with van der Waals surface area (Å²) in [6.45, 7) is 5.43. The van der Waals surface area contributed by atoms with Crippen LogP contribution in [0.15, 0.2) is 58.8 Å². The van der Waals surface area contributed by atoms with Crippen molar-refractivity contribution < 1.29 is 22.7 Å². The van der Waals surface area contributed by atoms with Crippen LogP contribution in [0.2, 0.25) is 0 Å². The number of thiazole rings is 1. The molecule has 0 spiro atoms. The van der Waals surface area contributed by atoms with Crippen molar-refractivity contribution in [3.63, 3.8) is 0 Å². The summed E-state index contributed by atoms with van der Waals surface area (Å²) in [5.41, 5.74) is 1.06. The van der Waals surface area contributed by atoms with Crippen molar-refractivity contribution in [1.82, 2.24) is 9.97 Å². The second-order valence-electron chi connectivity index (χ2n) is 7.91. The molecule has 38 heavy (non-hydrogen) atoms. The number of aliphatic imine (C=N–C) groups is 2. The van der Waals surface area contributed by atoms with Crippen molar-refractivity contribution >= 4 is 66.7 Å². The van der Waals surface area contributed by atoms with Gasteiger partial charge in [-0.05, 0) is 38.5 Å². The summed E-state index contributed by atoms with van der Waals surface area (Å²) in [5, 5.41) is 3.33. The van der Waals surface area contributed by atoms with E-state index < -0.39 is 17.7 Å². The Labute approximate surface area is 234 Å². The van der Waals surface area contributed by atoms with Gasteiger partial charge in [0.15, 0.2) is 11.0 Å². The summed E-state index contributed by atoms with van der Waals surface area (Å²) in [6.07, 6.45) is 1.51.